The van der Waals surface area contributed by atoms with Crippen LogP contribution in [0.15, 0.2) is 29.2 Å². The van der Waals surface area contributed by atoms with Crippen LogP contribution >= 0.6 is 0 Å². The number of sulfonamides is 1. The molecular formula is C11H15N3O3S. The minimum Gasteiger partial charge on any atom is -0.354 e. The molecule has 2 rings (SSSR count). The fraction of sp³-hybridized carbons (Fsp3) is 0.364. The van der Waals surface area contributed by atoms with Crippen molar-refractivity contribution in [2.75, 3.05) is 19.6 Å². The van der Waals surface area contributed by atoms with Gasteiger partial charge >= 0.3 is 0 Å². The molecule has 0 saturated carbocycles. The molecule has 0 atom stereocenters. The monoisotopic (exact) mass is 269 g/mol. The molecule has 1 heterocycles. The number of piperazine rings is 1. The number of benzene rings is 1. The second-order valence-electron chi connectivity index (χ2n) is 4.00. The minimum atomic E-state index is -3.65. The lowest BCUT2D eigenvalue weighted by Gasteiger charge is -2.26. The molecule has 1 aromatic carbocycles. The summed E-state index contributed by atoms with van der Waals surface area (Å²) in [5.74, 6) is -0.282. The molecule has 1 aromatic rings. The van der Waals surface area contributed by atoms with E-state index in [1.165, 1.54) is 10.4 Å². The van der Waals surface area contributed by atoms with Gasteiger partial charge in [-0.2, -0.15) is 4.31 Å². The van der Waals surface area contributed by atoms with E-state index < -0.39 is 10.0 Å². The van der Waals surface area contributed by atoms with E-state index in [4.69, 9.17) is 5.73 Å². The van der Waals surface area contributed by atoms with Crippen LogP contribution in [0, 0.1) is 0 Å². The standard InChI is InChI=1S/C11H15N3O3S/c12-7-9-3-1-2-4-10(9)18(16,17)14-6-5-13-11(15)8-14/h1-4H,5-8,12H2,(H,13,15). The third-order valence-corrected chi connectivity index (χ3v) is 4.76. The molecule has 0 aromatic heterocycles. The maximum Gasteiger partial charge on any atom is 0.243 e. The highest BCUT2D eigenvalue weighted by molar-refractivity contribution is 7.89. The Balaban J connectivity index is 2.38. The van der Waals surface area contributed by atoms with Crippen molar-refractivity contribution in [2.45, 2.75) is 11.4 Å². The van der Waals surface area contributed by atoms with Crippen LogP contribution in [0.25, 0.3) is 0 Å². The van der Waals surface area contributed by atoms with Crippen molar-refractivity contribution in [1.29, 1.82) is 0 Å². The zero-order chi connectivity index (χ0) is 13.2. The molecule has 1 aliphatic heterocycles. The van der Waals surface area contributed by atoms with Crippen LogP contribution in [0.3, 0.4) is 0 Å². The van der Waals surface area contributed by atoms with Crippen LogP contribution in [0.1, 0.15) is 5.56 Å². The van der Waals surface area contributed by atoms with Gasteiger partial charge in [0.2, 0.25) is 15.9 Å². The predicted octanol–water partition coefficient (Wildman–Crippen LogP) is -0.734. The van der Waals surface area contributed by atoms with E-state index in [9.17, 15) is 13.2 Å². The summed E-state index contributed by atoms with van der Waals surface area (Å²) in [7, 11) is -3.65. The Hall–Kier alpha value is -1.44. The Morgan fingerprint density at radius 1 is 1.33 bits per heavy atom. The van der Waals surface area contributed by atoms with Gasteiger partial charge in [-0.1, -0.05) is 18.2 Å². The molecule has 98 valence electrons. The molecule has 0 bridgehead atoms. The number of carbonyl (C=O) groups is 1. The fourth-order valence-electron chi connectivity index (χ4n) is 1.88. The van der Waals surface area contributed by atoms with Gasteiger partial charge in [0.1, 0.15) is 0 Å². The fourth-order valence-corrected chi connectivity index (χ4v) is 3.51. The summed E-state index contributed by atoms with van der Waals surface area (Å²) in [6, 6.07) is 6.58. The maximum atomic E-state index is 12.4. The lowest BCUT2D eigenvalue weighted by atomic mass is 10.2. The molecule has 1 aliphatic rings. The Morgan fingerprint density at radius 3 is 2.72 bits per heavy atom. The molecule has 0 radical (unpaired) electrons. The molecule has 0 aliphatic carbocycles. The third kappa shape index (κ3) is 2.38. The second-order valence-corrected chi connectivity index (χ2v) is 5.91. The Kier molecular flexibility index (Phi) is 3.65. The van der Waals surface area contributed by atoms with Crippen LogP contribution in [0.2, 0.25) is 0 Å². The van der Waals surface area contributed by atoms with Crippen molar-refractivity contribution in [1.82, 2.24) is 9.62 Å². The first-order valence-electron chi connectivity index (χ1n) is 5.60. The summed E-state index contributed by atoms with van der Waals surface area (Å²) in [6.07, 6.45) is 0. The summed E-state index contributed by atoms with van der Waals surface area (Å²) in [5, 5.41) is 2.59. The topological polar surface area (TPSA) is 92.5 Å². The van der Waals surface area contributed by atoms with Crippen LogP contribution in [0.4, 0.5) is 0 Å². The molecule has 1 amide bonds. The Bertz CT molecular complexity index is 556. The number of nitrogens with one attached hydrogen (secondary N) is 1. The third-order valence-electron chi connectivity index (χ3n) is 2.81. The summed E-state index contributed by atoms with van der Waals surface area (Å²) < 4.78 is 26.0. The number of rotatable bonds is 3. The summed E-state index contributed by atoms with van der Waals surface area (Å²) in [5.41, 5.74) is 6.10. The molecule has 3 N–H and O–H groups in total. The van der Waals surface area contributed by atoms with Crippen molar-refractivity contribution in [3.05, 3.63) is 29.8 Å². The van der Waals surface area contributed by atoms with E-state index in [1.807, 2.05) is 0 Å². The van der Waals surface area contributed by atoms with E-state index in [0.29, 0.717) is 12.1 Å². The van der Waals surface area contributed by atoms with Crippen molar-refractivity contribution in [3.8, 4) is 0 Å². The van der Waals surface area contributed by atoms with Gasteiger partial charge in [0.05, 0.1) is 11.4 Å². The normalized spacial score (nSPS) is 17.5. The molecule has 0 unspecified atom stereocenters. The molecule has 7 heteroatoms. The lowest BCUT2D eigenvalue weighted by molar-refractivity contribution is -0.122. The number of carbonyl (C=O) groups excluding carboxylic acids is 1. The predicted molar refractivity (Wildman–Crippen MR) is 66.1 cm³/mol. The number of nitrogens with two attached hydrogens (primary N) is 1. The van der Waals surface area contributed by atoms with Gasteiger partial charge in [-0.05, 0) is 11.6 Å². The number of hydrogen-bond donors (Lipinski definition) is 2. The van der Waals surface area contributed by atoms with E-state index in [2.05, 4.69) is 5.32 Å². The van der Waals surface area contributed by atoms with Crippen molar-refractivity contribution < 1.29 is 13.2 Å². The molecule has 18 heavy (non-hydrogen) atoms. The van der Waals surface area contributed by atoms with Crippen LogP contribution in [0.5, 0.6) is 0 Å². The zero-order valence-electron chi connectivity index (χ0n) is 9.80. The molecule has 1 fully saturated rings. The van der Waals surface area contributed by atoms with E-state index >= 15 is 0 Å². The van der Waals surface area contributed by atoms with Crippen molar-refractivity contribution in [2.24, 2.45) is 5.73 Å². The highest BCUT2D eigenvalue weighted by atomic mass is 32.2. The number of amides is 1. The highest BCUT2D eigenvalue weighted by Gasteiger charge is 2.30. The van der Waals surface area contributed by atoms with Gasteiger partial charge in [0, 0.05) is 19.6 Å². The number of nitrogens with zero attached hydrogens (tertiary/aromatic N) is 1. The highest BCUT2D eigenvalue weighted by Crippen LogP contribution is 2.20. The summed E-state index contributed by atoms with van der Waals surface area (Å²) in [6.45, 7) is 0.631. The first kappa shape index (κ1) is 13.0. The summed E-state index contributed by atoms with van der Waals surface area (Å²) in [4.78, 5) is 11.4. The zero-order valence-corrected chi connectivity index (χ0v) is 10.6. The minimum absolute atomic E-state index is 0.138. The maximum absolute atomic E-state index is 12.4. The Morgan fingerprint density at radius 2 is 2.06 bits per heavy atom. The second kappa shape index (κ2) is 5.05. The molecule has 6 nitrogen and oxygen atoms in total. The SMILES string of the molecule is NCc1ccccc1S(=O)(=O)N1CCNC(=O)C1. The van der Waals surface area contributed by atoms with E-state index in [0.717, 1.165) is 0 Å². The van der Waals surface area contributed by atoms with Gasteiger partial charge in [0.15, 0.2) is 0 Å². The summed E-state index contributed by atoms with van der Waals surface area (Å²) >= 11 is 0. The Labute approximate surface area is 106 Å². The quantitative estimate of drug-likeness (QED) is 0.756. The molecule has 1 saturated heterocycles. The van der Waals surface area contributed by atoms with Gasteiger partial charge in [-0.15, -0.1) is 0 Å². The molecular weight excluding hydrogens is 254 g/mol. The van der Waals surface area contributed by atoms with Crippen molar-refractivity contribution in [3.63, 3.8) is 0 Å². The van der Waals surface area contributed by atoms with Gasteiger partial charge in [0.25, 0.3) is 0 Å². The molecule has 0 spiro atoms. The first-order valence-corrected chi connectivity index (χ1v) is 7.04. The van der Waals surface area contributed by atoms with Gasteiger partial charge in [-0.3, -0.25) is 4.79 Å². The average molecular weight is 269 g/mol. The number of hydrogen-bond acceptors (Lipinski definition) is 4. The van der Waals surface area contributed by atoms with E-state index in [-0.39, 0.29) is 30.4 Å². The van der Waals surface area contributed by atoms with Crippen LogP contribution in [-0.4, -0.2) is 38.3 Å². The van der Waals surface area contributed by atoms with Gasteiger partial charge in [-0.25, -0.2) is 8.42 Å². The van der Waals surface area contributed by atoms with Crippen LogP contribution in [-0.2, 0) is 21.4 Å². The smallest absolute Gasteiger partial charge is 0.243 e. The average Bonchev–Trinajstić information content (AvgIpc) is 2.38. The van der Waals surface area contributed by atoms with Crippen LogP contribution < -0.4 is 11.1 Å². The first-order chi connectivity index (χ1) is 8.55. The van der Waals surface area contributed by atoms with E-state index in [1.54, 1.807) is 18.2 Å². The lowest BCUT2D eigenvalue weighted by Crippen LogP contribution is -2.50. The van der Waals surface area contributed by atoms with Gasteiger partial charge < -0.3 is 11.1 Å². The van der Waals surface area contributed by atoms with Crippen molar-refractivity contribution >= 4 is 15.9 Å². The largest absolute Gasteiger partial charge is 0.354 e.